The Kier molecular flexibility index (Phi) is 5.35. The fourth-order valence-corrected chi connectivity index (χ4v) is 3.68. The van der Waals surface area contributed by atoms with Crippen LogP contribution in [0, 0.1) is 0 Å². The minimum absolute atomic E-state index is 0.00801. The summed E-state index contributed by atoms with van der Waals surface area (Å²) in [6, 6.07) is 13.4. The molecule has 1 N–H and O–H groups in total. The molecular formula is C23H25N3O4. The number of hydrogen-bond acceptors (Lipinski definition) is 5. The summed E-state index contributed by atoms with van der Waals surface area (Å²) in [6.07, 6.45) is 2.06. The predicted octanol–water partition coefficient (Wildman–Crippen LogP) is 4.15. The van der Waals surface area contributed by atoms with Crippen molar-refractivity contribution in [3.8, 4) is 22.9 Å². The molecule has 30 heavy (non-hydrogen) atoms. The van der Waals surface area contributed by atoms with E-state index in [0.29, 0.717) is 23.7 Å². The van der Waals surface area contributed by atoms with Crippen molar-refractivity contribution in [3.05, 3.63) is 60.0 Å². The molecule has 0 radical (unpaired) electrons. The van der Waals surface area contributed by atoms with Crippen molar-refractivity contribution in [2.45, 2.75) is 32.3 Å². The second-order valence-electron chi connectivity index (χ2n) is 7.43. The van der Waals surface area contributed by atoms with Gasteiger partial charge in [-0.05, 0) is 55.8 Å². The lowest BCUT2D eigenvalue weighted by atomic mass is 9.89. The number of amides is 1. The van der Waals surface area contributed by atoms with Crippen LogP contribution in [0.4, 0.5) is 5.82 Å². The molecule has 1 aliphatic heterocycles. The molecule has 7 nitrogen and oxygen atoms in total. The van der Waals surface area contributed by atoms with E-state index in [2.05, 4.69) is 10.3 Å². The van der Waals surface area contributed by atoms with Crippen LogP contribution in [0.3, 0.4) is 0 Å². The third-order valence-electron chi connectivity index (χ3n) is 5.08. The number of fused-ring (bicyclic) bond motifs is 1. The number of aromatic nitrogens is 2. The second kappa shape index (κ2) is 8.10. The first kappa shape index (κ1) is 19.8. The van der Waals surface area contributed by atoms with Crippen molar-refractivity contribution in [1.29, 1.82) is 0 Å². The summed E-state index contributed by atoms with van der Waals surface area (Å²) < 4.78 is 18.5. The van der Waals surface area contributed by atoms with E-state index in [9.17, 15) is 4.79 Å². The maximum absolute atomic E-state index is 12.5. The molecule has 2 heterocycles. The van der Waals surface area contributed by atoms with E-state index in [0.717, 1.165) is 22.7 Å². The van der Waals surface area contributed by atoms with E-state index in [1.54, 1.807) is 20.5 Å². The molecule has 4 rings (SSSR count). The van der Waals surface area contributed by atoms with Gasteiger partial charge in [0.25, 0.3) is 0 Å². The Hall–Kier alpha value is -3.48. The van der Waals surface area contributed by atoms with E-state index in [1.807, 2.05) is 60.9 Å². The number of imidazole rings is 1. The van der Waals surface area contributed by atoms with Crippen LogP contribution in [0.5, 0.6) is 17.2 Å². The number of methoxy groups -OCH3 is 2. The van der Waals surface area contributed by atoms with E-state index < -0.39 is 0 Å². The number of rotatable bonds is 6. The summed E-state index contributed by atoms with van der Waals surface area (Å²) in [7, 11) is 3.25. The molecule has 0 bridgehead atoms. The molecule has 7 heteroatoms. The van der Waals surface area contributed by atoms with Gasteiger partial charge in [0.2, 0.25) is 5.91 Å². The first-order valence-electron chi connectivity index (χ1n) is 9.86. The number of anilines is 1. The number of carbonyl (C=O) groups is 1. The average molecular weight is 407 g/mol. The number of carbonyl (C=O) groups excluding carboxylic acids is 1. The van der Waals surface area contributed by atoms with E-state index in [1.165, 1.54) is 0 Å². The molecule has 0 aliphatic carbocycles. The van der Waals surface area contributed by atoms with E-state index in [4.69, 9.17) is 14.2 Å². The third-order valence-corrected chi connectivity index (χ3v) is 5.08. The summed E-state index contributed by atoms with van der Waals surface area (Å²) >= 11 is 0. The van der Waals surface area contributed by atoms with Gasteiger partial charge in [0.15, 0.2) is 11.5 Å². The van der Waals surface area contributed by atoms with E-state index in [-0.39, 0.29) is 17.9 Å². The molecule has 0 spiro atoms. The SMILES string of the molecule is COc1ccc(-n2cnc3c2NC(=O)CC3c2ccc(OC)c(OC(C)C)c2)cc1. The van der Waals surface area contributed by atoms with Crippen molar-refractivity contribution in [2.75, 3.05) is 19.5 Å². The molecule has 3 aromatic rings. The fourth-order valence-electron chi connectivity index (χ4n) is 3.68. The lowest BCUT2D eigenvalue weighted by molar-refractivity contribution is -0.116. The molecule has 0 saturated heterocycles. The first-order chi connectivity index (χ1) is 14.5. The van der Waals surface area contributed by atoms with Gasteiger partial charge in [-0.15, -0.1) is 0 Å². The van der Waals surface area contributed by atoms with Crippen LogP contribution >= 0.6 is 0 Å². The Morgan fingerprint density at radius 2 is 1.83 bits per heavy atom. The molecule has 1 aromatic heterocycles. The summed E-state index contributed by atoms with van der Waals surface area (Å²) in [5.41, 5.74) is 2.68. The highest BCUT2D eigenvalue weighted by Gasteiger charge is 2.31. The molecule has 1 amide bonds. The monoisotopic (exact) mass is 407 g/mol. The van der Waals surface area contributed by atoms with Gasteiger partial charge in [0, 0.05) is 18.0 Å². The van der Waals surface area contributed by atoms with Crippen molar-refractivity contribution >= 4 is 11.7 Å². The quantitative estimate of drug-likeness (QED) is 0.664. The van der Waals surface area contributed by atoms with Crippen molar-refractivity contribution < 1.29 is 19.0 Å². The zero-order valence-electron chi connectivity index (χ0n) is 17.5. The van der Waals surface area contributed by atoms with Crippen LogP contribution in [0.25, 0.3) is 5.69 Å². The summed E-state index contributed by atoms with van der Waals surface area (Å²) in [6.45, 7) is 3.93. The number of nitrogens with one attached hydrogen (secondary N) is 1. The molecule has 156 valence electrons. The van der Waals surface area contributed by atoms with Gasteiger partial charge in [0.1, 0.15) is 17.9 Å². The number of nitrogens with zero attached hydrogens (tertiary/aromatic N) is 2. The van der Waals surface area contributed by atoms with Crippen LogP contribution in [0.1, 0.15) is 37.4 Å². The van der Waals surface area contributed by atoms with Crippen LogP contribution in [-0.4, -0.2) is 35.8 Å². The minimum atomic E-state index is -0.173. The lowest BCUT2D eigenvalue weighted by Gasteiger charge is -2.24. The standard InChI is InChI=1S/C23H25N3O4/c1-14(2)30-20-11-15(5-10-19(20)29-4)18-12-21(27)25-23-22(18)24-13-26(23)16-6-8-17(28-3)9-7-16/h5-11,13-14,18H,12H2,1-4H3,(H,25,27). The maximum atomic E-state index is 12.5. The topological polar surface area (TPSA) is 74.6 Å². The smallest absolute Gasteiger partial charge is 0.226 e. The Labute approximate surface area is 175 Å². The zero-order valence-corrected chi connectivity index (χ0v) is 17.5. The van der Waals surface area contributed by atoms with Crippen LogP contribution in [-0.2, 0) is 4.79 Å². The molecule has 2 aromatic carbocycles. The molecule has 1 aliphatic rings. The van der Waals surface area contributed by atoms with Crippen LogP contribution in [0.15, 0.2) is 48.8 Å². The van der Waals surface area contributed by atoms with Crippen LogP contribution < -0.4 is 19.5 Å². The normalized spacial score (nSPS) is 15.5. The van der Waals surface area contributed by atoms with Gasteiger partial charge in [-0.25, -0.2) is 4.98 Å². The van der Waals surface area contributed by atoms with Crippen LogP contribution in [0.2, 0.25) is 0 Å². The Morgan fingerprint density at radius 3 is 2.50 bits per heavy atom. The lowest BCUT2D eigenvalue weighted by Crippen LogP contribution is -2.25. The third kappa shape index (κ3) is 3.70. The van der Waals surface area contributed by atoms with Gasteiger partial charge < -0.3 is 19.5 Å². The summed E-state index contributed by atoms with van der Waals surface area (Å²) in [4.78, 5) is 17.2. The van der Waals surface area contributed by atoms with Gasteiger partial charge in [-0.1, -0.05) is 6.07 Å². The second-order valence-corrected chi connectivity index (χ2v) is 7.43. The summed E-state index contributed by atoms with van der Waals surface area (Å²) in [5, 5.41) is 2.98. The molecule has 1 unspecified atom stereocenters. The highest BCUT2D eigenvalue weighted by molar-refractivity contribution is 5.94. The van der Waals surface area contributed by atoms with Gasteiger partial charge >= 0.3 is 0 Å². The molecule has 0 saturated carbocycles. The molecule has 1 atom stereocenters. The van der Waals surface area contributed by atoms with Gasteiger partial charge in [0.05, 0.1) is 26.0 Å². The maximum Gasteiger partial charge on any atom is 0.226 e. The van der Waals surface area contributed by atoms with Crippen molar-refractivity contribution in [3.63, 3.8) is 0 Å². The average Bonchev–Trinajstić information content (AvgIpc) is 3.16. The predicted molar refractivity (Wildman–Crippen MR) is 114 cm³/mol. The van der Waals surface area contributed by atoms with Crippen molar-refractivity contribution in [1.82, 2.24) is 9.55 Å². The first-order valence-corrected chi connectivity index (χ1v) is 9.86. The Bertz CT molecular complexity index is 1060. The Balaban J connectivity index is 1.74. The molecular weight excluding hydrogens is 382 g/mol. The largest absolute Gasteiger partial charge is 0.497 e. The highest BCUT2D eigenvalue weighted by atomic mass is 16.5. The fraction of sp³-hybridized carbons (Fsp3) is 0.304. The Morgan fingerprint density at radius 1 is 1.07 bits per heavy atom. The van der Waals surface area contributed by atoms with Gasteiger partial charge in [-0.3, -0.25) is 9.36 Å². The summed E-state index contributed by atoms with van der Waals surface area (Å²) in [5.74, 6) is 2.55. The number of benzene rings is 2. The number of hydrogen-bond donors (Lipinski definition) is 1. The highest BCUT2D eigenvalue weighted by Crippen LogP contribution is 2.40. The van der Waals surface area contributed by atoms with Crippen molar-refractivity contribution in [2.24, 2.45) is 0 Å². The molecule has 0 fully saturated rings. The zero-order chi connectivity index (χ0) is 21.3. The van der Waals surface area contributed by atoms with Gasteiger partial charge in [-0.2, -0.15) is 0 Å². The minimum Gasteiger partial charge on any atom is -0.497 e. The van der Waals surface area contributed by atoms with E-state index >= 15 is 0 Å². The number of ether oxygens (including phenoxy) is 3.